The molecule has 88 valence electrons. The van der Waals surface area contributed by atoms with E-state index in [1.54, 1.807) is 0 Å². The van der Waals surface area contributed by atoms with Crippen LogP contribution in [0.15, 0.2) is 0 Å². The zero-order chi connectivity index (χ0) is 9.78. The molecule has 0 rings (SSSR count). The highest BCUT2D eigenvalue weighted by molar-refractivity contribution is 4.41. The summed E-state index contributed by atoms with van der Waals surface area (Å²) in [7, 11) is 0. The molecule has 0 aliphatic rings. The summed E-state index contributed by atoms with van der Waals surface area (Å²) in [6, 6.07) is 0. The van der Waals surface area contributed by atoms with Gasteiger partial charge in [0, 0.05) is 13.2 Å². The lowest BCUT2D eigenvalue weighted by Gasteiger charge is -2.03. The molecule has 0 radical (unpaired) electrons. The van der Waals surface area contributed by atoms with Crippen molar-refractivity contribution in [1.82, 2.24) is 0 Å². The Morgan fingerprint density at radius 2 is 1.07 bits per heavy atom. The Hall–Kier alpha value is -0.110. The van der Waals surface area contributed by atoms with E-state index in [4.69, 9.17) is 4.74 Å². The maximum absolute atomic E-state index is 5.53. The standard InChI is InChI=1S/C12H26O.FH/c1-3-5-7-9-11-13-12-10-8-6-4-2;/h3-12H2,1-2H3;1H. The van der Waals surface area contributed by atoms with Gasteiger partial charge in [-0.2, -0.15) is 0 Å². The lowest BCUT2D eigenvalue weighted by molar-refractivity contribution is 0.126. The van der Waals surface area contributed by atoms with Gasteiger partial charge in [0.05, 0.1) is 0 Å². The zero-order valence-electron chi connectivity index (χ0n) is 9.89. The molecule has 0 saturated carbocycles. The van der Waals surface area contributed by atoms with Crippen molar-refractivity contribution in [2.24, 2.45) is 0 Å². The van der Waals surface area contributed by atoms with Gasteiger partial charge in [-0.1, -0.05) is 52.4 Å². The maximum Gasteiger partial charge on any atom is 0.0466 e. The second-order valence-electron chi connectivity index (χ2n) is 3.73. The smallest absolute Gasteiger partial charge is 0.0466 e. The van der Waals surface area contributed by atoms with Gasteiger partial charge < -0.3 is 4.74 Å². The number of unbranched alkanes of at least 4 members (excludes halogenated alkanes) is 6. The Morgan fingerprint density at radius 3 is 1.43 bits per heavy atom. The van der Waals surface area contributed by atoms with Gasteiger partial charge in [-0.15, -0.1) is 0 Å². The monoisotopic (exact) mass is 206 g/mol. The highest BCUT2D eigenvalue weighted by Crippen LogP contribution is 2.01. The molecular weight excluding hydrogens is 179 g/mol. The molecule has 0 saturated heterocycles. The van der Waals surface area contributed by atoms with Gasteiger partial charge in [-0.05, 0) is 12.8 Å². The van der Waals surface area contributed by atoms with Crippen molar-refractivity contribution < 1.29 is 9.44 Å². The normalized spacial score (nSPS) is 9.86. The second-order valence-corrected chi connectivity index (χ2v) is 3.73. The van der Waals surface area contributed by atoms with Crippen LogP contribution < -0.4 is 0 Å². The number of rotatable bonds is 10. The maximum atomic E-state index is 5.53. The number of hydrogen-bond acceptors (Lipinski definition) is 1. The molecule has 0 atom stereocenters. The molecular formula is C12H27FO. The van der Waals surface area contributed by atoms with Crippen molar-refractivity contribution in [2.45, 2.75) is 65.2 Å². The minimum Gasteiger partial charge on any atom is -0.381 e. The van der Waals surface area contributed by atoms with Crippen LogP contribution in [0.25, 0.3) is 0 Å². The van der Waals surface area contributed by atoms with Gasteiger partial charge in [0.15, 0.2) is 0 Å². The third kappa shape index (κ3) is 14.4. The van der Waals surface area contributed by atoms with Gasteiger partial charge in [-0.25, -0.2) is 0 Å². The van der Waals surface area contributed by atoms with Crippen molar-refractivity contribution in [3.05, 3.63) is 0 Å². The summed E-state index contributed by atoms with van der Waals surface area (Å²) in [5, 5.41) is 0. The van der Waals surface area contributed by atoms with Crippen LogP contribution in [0.5, 0.6) is 0 Å². The molecule has 0 aromatic heterocycles. The molecule has 0 bridgehead atoms. The summed E-state index contributed by atoms with van der Waals surface area (Å²) < 4.78 is 5.53. The zero-order valence-corrected chi connectivity index (χ0v) is 9.89. The first kappa shape index (κ1) is 16.3. The first-order valence-corrected chi connectivity index (χ1v) is 5.99. The van der Waals surface area contributed by atoms with Gasteiger partial charge in [0.1, 0.15) is 0 Å². The average Bonchev–Trinajstić information content (AvgIpc) is 2.16. The average molecular weight is 206 g/mol. The first-order chi connectivity index (χ1) is 6.41. The van der Waals surface area contributed by atoms with Crippen LogP contribution in [0.4, 0.5) is 4.70 Å². The Bertz CT molecular complexity index is 76.4. The minimum atomic E-state index is 0. The summed E-state index contributed by atoms with van der Waals surface area (Å²) in [5.74, 6) is 0. The summed E-state index contributed by atoms with van der Waals surface area (Å²) in [5.41, 5.74) is 0. The molecule has 0 amide bonds. The van der Waals surface area contributed by atoms with Crippen LogP contribution in [0.1, 0.15) is 65.2 Å². The molecule has 0 aromatic carbocycles. The summed E-state index contributed by atoms with van der Waals surface area (Å²) in [6.45, 7) is 6.44. The van der Waals surface area contributed by atoms with Gasteiger partial charge in [0.2, 0.25) is 0 Å². The highest BCUT2D eigenvalue weighted by Gasteiger charge is 1.90. The number of ether oxygens (including phenoxy) is 1. The van der Waals surface area contributed by atoms with Crippen LogP contribution in [-0.4, -0.2) is 13.2 Å². The Balaban J connectivity index is 0. The van der Waals surface area contributed by atoms with E-state index in [0.717, 1.165) is 13.2 Å². The molecule has 0 heterocycles. The third-order valence-electron chi connectivity index (χ3n) is 2.28. The van der Waals surface area contributed by atoms with Crippen LogP contribution in [-0.2, 0) is 4.74 Å². The van der Waals surface area contributed by atoms with E-state index in [0.29, 0.717) is 0 Å². The second kappa shape index (κ2) is 15.4. The van der Waals surface area contributed by atoms with Crippen LogP contribution in [0.2, 0.25) is 0 Å². The summed E-state index contributed by atoms with van der Waals surface area (Å²) >= 11 is 0. The molecule has 0 unspecified atom stereocenters. The quantitative estimate of drug-likeness (QED) is 0.484. The van der Waals surface area contributed by atoms with Crippen LogP contribution >= 0.6 is 0 Å². The van der Waals surface area contributed by atoms with Crippen LogP contribution in [0, 0.1) is 0 Å². The van der Waals surface area contributed by atoms with E-state index in [1.165, 1.54) is 51.4 Å². The van der Waals surface area contributed by atoms with Crippen molar-refractivity contribution in [3.8, 4) is 0 Å². The molecule has 0 aliphatic carbocycles. The lowest BCUT2D eigenvalue weighted by atomic mass is 10.2. The van der Waals surface area contributed by atoms with Crippen molar-refractivity contribution in [2.75, 3.05) is 13.2 Å². The number of halogens is 1. The Morgan fingerprint density at radius 1 is 0.643 bits per heavy atom. The fourth-order valence-electron chi connectivity index (χ4n) is 1.36. The van der Waals surface area contributed by atoms with E-state index < -0.39 is 0 Å². The predicted octanol–water partition coefficient (Wildman–Crippen LogP) is 4.32. The fourth-order valence-corrected chi connectivity index (χ4v) is 1.36. The van der Waals surface area contributed by atoms with E-state index in [2.05, 4.69) is 13.8 Å². The van der Waals surface area contributed by atoms with E-state index in [9.17, 15) is 0 Å². The SMILES string of the molecule is CCCCCCOCCCCCC.F. The van der Waals surface area contributed by atoms with Gasteiger partial charge >= 0.3 is 0 Å². The van der Waals surface area contributed by atoms with Crippen LogP contribution in [0.3, 0.4) is 0 Å². The molecule has 0 N–H and O–H groups in total. The molecule has 0 fully saturated rings. The van der Waals surface area contributed by atoms with Gasteiger partial charge in [0.25, 0.3) is 0 Å². The molecule has 0 aliphatic heterocycles. The largest absolute Gasteiger partial charge is 0.381 e. The van der Waals surface area contributed by atoms with Crippen molar-refractivity contribution in [1.29, 1.82) is 0 Å². The van der Waals surface area contributed by atoms with Crippen molar-refractivity contribution >= 4 is 0 Å². The molecule has 2 heteroatoms. The summed E-state index contributed by atoms with van der Waals surface area (Å²) in [4.78, 5) is 0. The summed E-state index contributed by atoms with van der Waals surface area (Å²) in [6.07, 6.45) is 10.5. The Kier molecular flexibility index (Phi) is 17.9. The fraction of sp³-hybridized carbons (Fsp3) is 1.00. The predicted molar refractivity (Wildman–Crippen MR) is 61.6 cm³/mol. The van der Waals surface area contributed by atoms with E-state index >= 15 is 0 Å². The van der Waals surface area contributed by atoms with Crippen molar-refractivity contribution in [3.63, 3.8) is 0 Å². The highest BCUT2D eigenvalue weighted by atomic mass is 19.0. The molecule has 0 spiro atoms. The molecule has 0 aromatic rings. The van der Waals surface area contributed by atoms with E-state index in [-0.39, 0.29) is 4.70 Å². The lowest BCUT2D eigenvalue weighted by Crippen LogP contribution is -1.96. The topological polar surface area (TPSA) is 9.23 Å². The third-order valence-corrected chi connectivity index (χ3v) is 2.28. The molecule has 1 nitrogen and oxygen atoms in total. The van der Waals surface area contributed by atoms with E-state index in [1.807, 2.05) is 0 Å². The number of hydrogen-bond donors (Lipinski definition) is 0. The molecule has 14 heavy (non-hydrogen) atoms. The van der Waals surface area contributed by atoms with Gasteiger partial charge in [-0.3, -0.25) is 4.70 Å². The first-order valence-electron chi connectivity index (χ1n) is 5.99. The minimum absolute atomic E-state index is 0. The Labute approximate surface area is 88.6 Å².